The number of aromatic amines is 1. The summed E-state index contributed by atoms with van der Waals surface area (Å²) < 4.78 is 0. The van der Waals surface area contributed by atoms with Crippen molar-refractivity contribution in [2.45, 2.75) is 76.3 Å². The highest BCUT2D eigenvalue weighted by atomic mass is 16.6. The van der Waals surface area contributed by atoms with E-state index < -0.39 is 16.7 Å². The van der Waals surface area contributed by atoms with Crippen LogP contribution in [-0.4, -0.2) is 43.2 Å². The monoisotopic (exact) mass is 325 g/mol. The minimum Gasteiger partial charge on any atom is -0.364 e. The molecule has 0 radical (unpaired) electrons. The zero-order valence-electron chi connectivity index (χ0n) is 14.4. The van der Waals surface area contributed by atoms with Gasteiger partial charge in [-0.3, -0.25) is 15.4 Å². The largest absolute Gasteiger partial charge is 0.364 e. The third kappa shape index (κ3) is 3.88. The number of nitro groups is 1. The number of aromatic nitrogens is 2. The predicted molar refractivity (Wildman–Crippen MR) is 86.4 cm³/mol. The third-order valence-corrected chi connectivity index (χ3v) is 4.39. The zero-order chi connectivity index (χ0) is 17.5. The summed E-state index contributed by atoms with van der Waals surface area (Å²) in [5.41, 5.74) is -2.12. The highest BCUT2D eigenvalue weighted by molar-refractivity contribution is 5.07. The van der Waals surface area contributed by atoms with E-state index in [0.717, 1.165) is 12.8 Å². The van der Waals surface area contributed by atoms with Crippen molar-refractivity contribution in [3.05, 3.63) is 28.3 Å². The van der Waals surface area contributed by atoms with Gasteiger partial charge in [0, 0.05) is 41.4 Å². The van der Waals surface area contributed by atoms with E-state index in [1.807, 2.05) is 0 Å². The van der Waals surface area contributed by atoms with Gasteiger partial charge in [0.05, 0.1) is 0 Å². The Morgan fingerprint density at radius 1 is 1.43 bits per heavy atom. The molecule has 0 saturated carbocycles. The number of rotatable bonds is 5. The fourth-order valence-corrected chi connectivity index (χ4v) is 3.75. The Hall–Kier alpha value is -1.51. The van der Waals surface area contributed by atoms with Gasteiger partial charge in [0.1, 0.15) is 0 Å². The summed E-state index contributed by atoms with van der Waals surface area (Å²) >= 11 is 0. The Labute approximate surface area is 136 Å². The van der Waals surface area contributed by atoms with Gasteiger partial charge in [-0.2, -0.15) is 0 Å². The first-order chi connectivity index (χ1) is 10.5. The zero-order valence-corrected chi connectivity index (χ0v) is 14.4. The summed E-state index contributed by atoms with van der Waals surface area (Å²) in [5, 5.41) is 29.0. The van der Waals surface area contributed by atoms with Gasteiger partial charge in [-0.25, -0.2) is 4.98 Å². The molecule has 130 valence electrons. The molecule has 1 saturated heterocycles. The van der Waals surface area contributed by atoms with Crippen molar-refractivity contribution < 1.29 is 10.0 Å². The lowest BCUT2D eigenvalue weighted by Crippen LogP contribution is -2.66. The molecule has 4 N–H and O–H groups in total. The van der Waals surface area contributed by atoms with E-state index in [-0.39, 0.29) is 22.9 Å². The number of nitrogens with one attached hydrogen (secondary N) is 3. The van der Waals surface area contributed by atoms with E-state index >= 15 is 0 Å². The molecule has 1 aromatic rings. The fraction of sp³-hybridized carbons (Fsp3) is 0.800. The smallest absolute Gasteiger partial charge is 0.259 e. The topological polar surface area (TPSA) is 116 Å². The Morgan fingerprint density at radius 3 is 2.43 bits per heavy atom. The van der Waals surface area contributed by atoms with Crippen LogP contribution in [0.25, 0.3) is 0 Å². The Balaban J connectivity index is 2.30. The van der Waals surface area contributed by atoms with Crippen LogP contribution >= 0.6 is 0 Å². The first-order valence-electron chi connectivity index (χ1n) is 7.88. The van der Waals surface area contributed by atoms with E-state index in [2.05, 4.69) is 48.3 Å². The molecule has 1 aromatic heterocycles. The van der Waals surface area contributed by atoms with Crippen LogP contribution in [0.3, 0.4) is 0 Å². The molecule has 1 aliphatic heterocycles. The maximum Gasteiger partial charge on any atom is 0.259 e. The number of H-pyrrole nitrogens is 1. The number of nitrogens with zero attached hydrogens (tertiary/aromatic N) is 2. The second-order valence-electron chi connectivity index (χ2n) is 7.81. The molecule has 0 spiro atoms. The number of piperidine rings is 1. The Morgan fingerprint density at radius 2 is 2.00 bits per heavy atom. The van der Waals surface area contributed by atoms with Crippen molar-refractivity contribution in [3.63, 3.8) is 0 Å². The molecule has 0 aromatic carbocycles. The summed E-state index contributed by atoms with van der Waals surface area (Å²) in [4.78, 5) is 17.6. The average molecular weight is 325 g/mol. The SMILES string of the molecule is CC([N+](=O)[O-])C(O)(NC1CC(C)(C)NC(C)(C)C1)c1ncc[nH]1. The summed E-state index contributed by atoms with van der Waals surface area (Å²) in [5.74, 6) is 0.163. The lowest BCUT2D eigenvalue weighted by molar-refractivity contribution is -0.547. The Bertz CT molecular complexity index is 541. The lowest BCUT2D eigenvalue weighted by atomic mass is 9.79. The van der Waals surface area contributed by atoms with Gasteiger partial charge in [-0.05, 0) is 40.5 Å². The van der Waals surface area contributed by atoms with Crippen LogP contribution in [0, 0.1) is 10.1 Å². The van der Waals surface area contributed by atoms with Crippen molar-refractivity contribution in [1.29, 1.82) is 0 Å². The first-order valence-corrected chi connectivity index (χ1v) is 7.88. The molecule has 8 heteroatoms. The maximum absolute atomic E-state index is 11.3. The van der Waals surface area contributed by atoms with E-state index in [4.69, 9.17) is 0 Å². The normalized spacial score (nSPS) is 24.8. The summed E-state index contributed by atoms with van der Waals surface area (Å²) in [6, 6.07) is -1.33. The number of hydrogen-bond donors (Lipinski definition) is 4. The van der Waals surface area contributed by atoms with E-state index in [0.29, 0.717) is 0 Å². The molecule has 1 aliphatic rings. The molecule has 0 amide bonds. The molecular formula is C15H27N5O3. The first kappa shape index (κ1) is 17.8. The van der Waals surface area contributed by atoms with Crippen molar-refractivity contribution in [3.8, 4) is 0 Å². The second kappa shape index (κ2) is 5.85. The molecule has 2 heterocycles. The number of hydrogen-bond acceptors (Lipinski definition) is 6. The molecule has 1 fully saturated rings. The molecule has 2 atom stereocenters. The quantitative estimate of drug-likeness (QED) is 0.366. The highest BCUT2D eigenvalue weighted by Crippen LogP contribution is 2.31. The lowest BCUT2D eigenvalue weighted by Gasteiger charge is -2.48. The van der Waals surface area contributed by atoms with Crippen LogP contribution in [0.2, 0.25) is 0 Å². The molecule has 23 heavy (non-hydrogen) atoms. The minimum absolute atomic E-state index is 0.0845. The molecule has 0 bridgehead atoms. The van der Waals surface area contributed by atoms with Crippen molar-refractivity contribution >= 4 is 0 Å². The van der Waals surface area contributed by atoms with Gasteiger partial charge in [-0.1, -0.05) is 0 Å². The molecule has 0 aliphatic carbocycles. The molecule has 8 nitrogen and oxygen atoms in total. The third-order valence-electron chi connectivity index (χ3n) is 4.39. The summed E-state index contributed by atoms with van der Waals surface area (Å²) in [6.07, 6.45) is 4.50. The van der Waals surface area contributed by atoms with Gasteiger partial charge in [0.2, 0.25) is 5.72 Å². The van der Waals surface area contributed by atoms with Crippen LogP contribution in [0.5, 0.6) is 0 Å². The average Bonchev–Trinajstić information content (AvgIpc) is 2.87. The summed E-state index contributed by atoms with van der Waals surface area (Å²) in [7, 11) is 0. The van der Waals surface area contributed by atoms with Crippen molar-refractivity contribution in [2.24, 2.45) is 0 Å². The molecule has 2 unspecified atom stereocenters. The molecule has 2 rings (SSSR count). The van der Waals surface area contributed by atoms with E-state index in [1.165, 1.54) is 13.1 Å². The standard InChI is InChI=1S/C15H27N5O3/c1-10(20(22)23)15(21,12-16-6-7-17-12)18-11-8-13(2,3)19-14(4,5)9-11/h6-7,10-11,18-19,21H,8-9H2,1-5H3,(H,16,17). The van der Waals surface area contributed by atoms with E-state index in [1.54, 1.807) is 6.20 Å². The minimum atomic E-state index is -1.85. The maximum atomic E-state index is 11.3. The second-order valence-corrected chi connectivity index (χ2v) is 7.81. The van der Waals surface area contributed by atoms with Crippen molar-refractivity contribution in [1.82, 2.24) is 20.6 Å². The van der Waals surface area contributed by atoms with Crippen LogP contribution in [0.4, 0.5) is 0 Å². The predicted octanol–water partition coefficient (Wildman–Crippen LogP) is 1.12. The number of imidazole rings is 1. The van der Waals surface area contributed by atoms with Gasteiger partial charge in [0.15, 0.2) is 5.82 Å². The van der Waals surface area contributed by atoms with Gasteiger partial charge in [-0.15, -0.1) is 0 Å². The highest BCUT2D eigenvalue weighted by Gasteiger charge is 2.49. The van der Waals surface area contributed by atoms with Gasteiger partial charge in [0.25, 0.3) is 6.04 Å². The van der Waals surface area contributed by atoms with E-state index in [9.17, 15) is 15.2 Å². The van der Waals surface area contributed by atoms with Crippen LogP contribution in [0.15, 0.2) is 12.4 Å². The van der Waals surface area contributed by atoms with Crippen molar-refractivity contribution in [2.75, 3.05) is 0 Å². The Kier molecular flexibility index (Phi) is 4.53. The number of aliphatic hydroxyl groups is 1. The van der Waals surface area contributed by atoms with Gasteiger partial charge < -0.3 is 15.4 Å². The van der Waals surface area contributed by atoms with Crippen LogP contribution < -0.4 is 10.6 Å². The fourth-order valence-electron chi connectivity index (χ4n) is 3.75. The van der Waals surface area contributed by atoms with Crippen LogP contribution in [0.1, 0.15) is 53.3 Å². The molecular weight excluding hydrogens is 298 g/mol. The summed E-state index contributed by atoms with van der Waals surface area (Å²) in [6.45, 7) is 9.74. The van der Waals surface area contributed by atoms with Crippen LogP contribution in [-0.2, 0) is 5.72 Å². The van der Waals surface area contributed by atoms with Gasteiger partial charge >= 0.3 is 0 Å².